The minimum Gasteiger partial charge on any atom is -0.444 e. The van der Waals surface area contributed by atoms with E-state index in [-0.39, 0.29) is 11.5 Å². The largest absolute Gasteiger partial charge is 0.444 e. The molecule has 1 saturated heterocycles. The van der Waals surface area contributed by atoms with E-state index in [2.05, 4.69) is 12.2 Å². The maximum absolute atomic E-state index is 11.5. The third kappa shape index (κ3) is 5.10. The van der Waals surface area contributed by atoms with Crippen LogP contribution in [-0.2, 0) is 4.74 Å². The summed E-state index contributed by atoms with van der Waals surface area (Å²) in [4.78, 5) is 11.5. The Kier molecular flexibility index (Phi) is 4.53. The molecule has 1 heterocycles. The van der Waals surface area contributed by atoms with Gasteiger partial charge in [-0.25, -0.2) is 4.79 Å². The van der Waals surface area contributed by atoms with E-state index < -0.39 is 5.60 Å². The Bertz CT molecular complexity index is 242. The van der Waals surface area contributed by atoms with E-state index in [1.54, 1.807) is 0 Å². The van der Waals surface area contributed by atoms with Gasteiger partial charge in [-0.05, 0) is 44.8 Å². The summed E-state index contributed by atoms with van der Waals surface area (Å²) >= 11 is 1.97. The van der Waals surface area contributed by atoms with Gasteiger partial charge in [0.2, 0.25) is 0 Å². The van der Waals surface area contributed by atoms with Crippen LogP contribution in [0.1, 0.15) is 40.5 Å². The first-order chi connectivity index (χ1) is 7.31. The normalized spacial score (nSPS) is 26.2. The number of amides is 1. The number of hydrogen-bond acceptors (Lipinski definition) is 3. The van der Waals surface area contributed by atoms with Gasteiger partial charge in [-0.3, -0.25) is 0 Å². The zero-order valence-corrected chi connectivity index (χ0v) is 11.6. The maximum atomic E-state index is 11.5. The first-order valence-corrected chi connectivity index (χ1v) is 7.01. The van der Waals surface area contributed by atoms with Crippen molar-refractivity contribution < 1.29 is 9.53 Å². The van der Waals surface area contributed by atoms with Crippen LogP contribution in [0.25, 0.3) is 0 Å². The monoisotopic (exact) mass is 245 g/mol. The van der Waals surface area contributed by atoms with Crippen molar-refractivity contribution in [1.29, 1.82) is 0 Å². The lowest BCUT2D eigenvalue weighted by Gasteiger charge is -2.33. The molecular weight excluding hydrogens is 222 g/mol. The molecule has 1 fully saturated rings. The zero-order valence-electron chi connectivity index (χ0n) is 10.8. The van der Waals surface area contributed by atoms with Crippen LogP contribution in [0.4, 0.5) is 4.79 Å². The van der Waals surface area contributed by atoms with Crippen molar-refractivity contribution in [2.45, 2.75) is 46.1 Å². The van der Waals surface area contributed by atoms with E-state index >= 15 is 0 Å². The molecule has 0 saturated carbocycles. The van der Waals surface area contributed by atoms with Gasteiger partial charge >= 0.3 is 6.09 Å². The summed E-state index contributed by atoms with van der Waals surface area (Å²) in [6.45, 7) is 8.59. The quantitative estimate of drug-likeness (QED) is 0.812. The first-order valence-electron chi connectivity index (χ1n) is 5.85. The highest BCUT2D eigenvalue weighted by Gasteiger charge is 2.28. The molecule has 1 amide bonds. The van der Waals surface area contributed by atoms with Crippen LogP contribution < -0.4 is 5.32 Å². The lowest BCUT2D eigenvalue weighted by atomic mass is 9.87. The van der Waals surface area contributed by atoms with E-state index in [9.17, 15) is 4.79 Å². The molecule has 1 aliphatic heterocycles. The fourth-order valence-electron chi connectivity index (χ4n) is 1.73. The van der Waals surface area contributed by atoms with Crippen molar-refractivity contribution in [3.63, 3.8) is 0 Å². The minimum absolute atomic E-state index is 0.236. The van der Waals surface area contributed by atoms with Crippen molar-refractivity contribution in [3.8, 4) is 0 Å². The van der Waals surface area contributed by atoms with Crippen LogP contribution >= 0.6 is 11.8 Å². The molecule has 0 aliphatic carbocycles. The summed E-state index contributed by atoms with van der Waals surface area (Å²) in [7, 11) is 0. The fraction of sp³-hybridized carbons (Fsp3) is 0.917. The molecule has 1 atom stereocenters. The summed E-state index contributed by atoms with van der Waals surface area (Å²) in [5.41, 5.74) is -0.174. The Balaban J connectivity index is 2.30. The average Bonchev–Trinajstić information content (AvgIpc) is 2.14. The maximum Gasteiger partial charge on any atom is 0.407 e. The summed E-state index contributed by atoms with van der Waals surface area (Å²) < 4.78 is 5.22. The predicted molar refractivity (Wildman–Crippen MR) is 68.9 cm³/mol. The van der Waals surface area contributed by atoms with Gasteiger partial charge < -0.3 is 10.1 Å². The Labute approximate surface area is 103 Å². The Hall–Kier alpha value is -0.380. The highest BCUT2D eigenvalue weighted by Crippen LogP contribution is 2.33. The summed E-state index contributed by atoms with van der Waals surface area (Å²) in [5.74, 6) is 2.38. The van der Waals surface area contributed by atoms with Crippen LogP contribution in [-0.4, -0.2) is 29.7 Å². The molecule has 94 valence electrons. The third-order valence-electron chi connectivity index (χ3n) is 2.58. The second-order valence-electron chi connectivity index (χ2n) is 5.82. The lowest BCUT2D eigenvalue weighted by molar-refractivity contribution is 0.0505. The molecular formula is C12H23NO2S. The smallest absolute Gasteiger partial charge is 0.407 e. The number of nitrogens with one attached hydrogen (secondary N) is 1. The average molecular weight is 245 g/mol. The molecule has 1 unspecified atom stereocenters. The Morgan fingerprint density at radius 1 is 1.50 bits per heavy atom. The lowest BCUT2D eigenvalue weighted by Crippen LogP contribution is -2.41. The molecule has 0 aromatic heterocycles. The number of thioether (sulfide) groups is 1. The van der Waals surface area contributed by atoms with Crippen LogP contribution in [0.2, 0.25) is 0 Å². The van der Waals surface area contributed by atoms with Crippen molar-refractivity contribution in [2.24, 2.45) is 5.41 Å². The van der Waals surface area contributed by atoms with Crippen molar-refractivity contribution in [1.82, 2.24) is 5.32 Å². The molecule has 4 heteroatoms. The van der Waals surface area contributed by atoms with Crippen molar-refractivity contribution in [3.05, 3.63) is 0 Å². The van der Waals surface area contributed by atoms with Crippen molar-refractivity contribution in [2.75, 3.05) is 18.1 Å². The Morgan fingerprint density at radius 3 is 2.69 bits per heavy atom. The van der Waals surface area contributed by atoms with Crippen molar-refractivity contribution >= 4 is 17.9 Å². The van der Waals surface area contributed by atoms with E-state index in [0.29, 0.717) is 0 Å². The molecule has 0 radical (unpaired) electrons. The number of ether oxygens (including phenoxy) is 1. The number of alkyl carbamates (subject to hydrolysis) is 1. The Morgan fingerprint density at radius 2 is 2.19 bits per heavy atom. The standard InChI is InChI=1S/C12H23NO2S/c1-11(2,3)15-10(14)13-8-12(4)6-5-7-16-9-12/h5-9H2,1-4H3,(H,13,14). The van der Waals surface area contributed by atoms with E-state index in [1.165, 1.54) is 18.6 Å². The molecule has 1 aliphatic rings. The van der Waals surface area contributed by atoms with Gasteiger partial charge in [0.05, 0.1) is 0 Å². The summed E-state index contributed by atoms with van der Waals surface area (Å²) in [6, 6.07) is 0. The number of rotatable bonds is 2. The first kappa shape index (κ1) is 13.7. The van der Waals surface area contributed by atoms with Gasteiger partial charge in [-0.2, -0.15) is 11.8 Å². The fourth-order valence-corrected chi connectivity index (χ4v) is 2.96. The topological polar surface area (TPSA) is 38.3 Å². The molecule has 0 aromatic rings. The van der Waals surface area contributed by atoms with E-state index in [4.69, 9.17) is 4.74 Å². The highest BCUT2D eigenvalue weighted by atomic mass is 32.2. The van der Waals surface area contributed by atoms with Gasteiger partial charge in [0.1, 0.15) is 5.60 Å². The van der Waals surface area contributed by atoms with Gasteiger partial charge in [0.25, 0.3) is 0 Å². The van der Waals surface area contributed by atoms with Gasteiger partial charge in [0, 0.05) is 12.3 Å². The second-order valence-corrected chi connectivity index (χ2v) is 6.93. The van der Waals surface area contributed by atoms with Gasteiger partial charge in [-0.1, -0.05) is 6.92 Å². The molecule has 0 bridgehead atoms. The van der Waals surface area contributed by atoms with Crippen LogP contribution in [0.3, 0.4) is 0 Å². The molecule has 1 N–H and O–H groups in total. The van der Waals surface area contributed by atoms with Gasteiger partial charge in [-0.15, -0.1) is 0 Å². The zero-order chi connectivity index (χ0) is 12.2. The third-order valence-corrected chi connectivity index (χ3v) is 4.06. The second kappa shape index (κ2) is 5.30. The van der Waals surface area contributed by atoms with E-state index in [1.807, 2.05) is 32.5 Å². The number of carbonyl (C=O) groups is 1. The molecule has 1 rings (SSSR count). The van der Waals surface area contributed by atoms with Gasteiger partial charge in [0.15, 0.2) is 0 Å². The molecule has 16 heavy (non-hydrogen) atoms. The van der Waals surface area contributed by atoms with Crippen LogP contribution in [0.15, 0.2) is 0 Å². The van der Waals surface area contributed by atoms with E-state index in [0.717, 1.165) is 12.3 Å². The minimum atomic E-state index is -0.410. The molecule has 3 nitrogen and oxygen atoms in total. The molecule has 0 aromatic carbocycles. The number of hydrogen-bond donors (Lipinski definition) is 1. The highest BCUT2D eigenvalue weighted by molar-refractivity contribution is 7.99. The SMILES string of the molecule is CC1(CNC(=O)OC(C)(C)C)CCCSC1. The summed E-state index contributed by atoms with van der Waals surface area (Å²) in [6.07, 6.45) is 2.14. The number of carbonyl (C=O) groups excluding carboxylic acids is 1. The predicted octanol–water partition coefficient (Wildman–Crippen LogP) is 3.04. The van der Waals surface area contributed by atoms with Crippen LogP contribution in [0, 0.1) is 5.41 Å². The summed E-state index contributed by atoms with van der Waals surface area (Å²) in [5, 5.41) is 2.87. The van der Waals surface area contributed by atoms with Crippen LogP contribution in [0.5, 0.6) is 0 Å². The molecule has 0 spiro atoms.